The van der Waals surface area contributed by atoms with Gasteiger partial charge in [0.25, 0.3) is 5.56 Å². The highest BCUT2D eigenvalue weighted by atomic mass is 32.1. The van der Waals surface area contributed by atoms with Gasteiger partial charge in [-0.1, -0.05) is 12.1 Å². The Kier molecular flexibility index (Phi) is 3.55. The van der Waals surface area contributed by atoms with Crippen LogP contribution < -0.4 is 5.56 Å². The smallest absolute Gasteiger partial charge is 0.262 e. The standard InChI is InChI=1S/C17H15N3OS/c1-10-11(2)22-16-15(10)17(21)20(12(3)19-16)9-14-6-4-13(8-18)5-7-14/h4-7H,9H2,1-3H3. The Morgan fingerprint density at radius 3 is 2.55 bits per heavy atom. The molecule has 0 amide bonds. The van der Waals surface area contributed by atoms with Gasteiger partial charge in [0, 0.05) is 4.88 Å². The fourth-order valence-corrected chi connectivity index (χ4v) is 3.55. The van der Waals surface area contributed by atoms with E-state index in [2.05, 4.69) is 11.1 Å². The average Bonchev–Trinajstić information content (AvgIpc) is 2.79. The minimum absolute atomic E-state index is 0.00806. The molecule has 1 aromatic carbocycles. The van der Waals surface area contributed by atoms with Crippen molar-refractivity contribution in [1.82, 2.24) is 9.55 Å². The van der Waals surface area contributed by atoms with E-state index in [4.69, 9.17) is 5.26 Å². The summed E-state index contributed by atoms with van der Waals surface area (Å²) in [6.07, 6.45) is 0. The molecule has 0 saturated carbocycles. The van der Waals surface area contributed by atoms with Crippen LogP contribution in [0.1, 0.15) is 27.4 Å². The molecule has 2 aromatic heterocycles. The Morgan fingerprint density at radius 1 is 1.23 bits per heavy atom. The minimum Gasteiger partial charge on any atom is -0.292 e. The third-order valence-corrected chi connectivity index (χ3v) is 5.00. The Labute approximate surface area is 132 Å². The molecule has 5 heteroatoms. The number of fused-ring (bicyclic) bond motifs is 1. The molecule has 0 aliphatic rings. The molecule has 0 radical (unpaired) electrons. The maximum absolute atomic E-state index is 12.8. The van der Waals surface area contributed by atoms with E-state index < -0.39 is 0 Å². The van der Waals surface area contributed by atoms with Crippen molar-refractivity contribution in [1.29, 1.82) is 5.26 Å². The Bertz CT molecular complexity index is 959. The summed E-state index contributed by atoms with van der Waals surface area (Å²) >= 11 is 1.57. The fraction of sp³-hybridized carbons (Fsp3) is 0.235. The van der Waals surface area contributed by atoms with Gasteiger partial charge < -0.3 is 0 Å². The van der Waals surface area contributed by atoms with Crippen molar-refractivity contribution in [2.75, 3.05) is 0 Å². The number of hydrogen-bond acceptors (Lipinski definition) is 4. The number of thiophene rings is 1. The van der Waals surface area contributed by atoms with Gasteiger partial charge in [-0.05, 0) is 44.0 Å². The Hall–Kier alpha value is -2.45. The topological polar surface area (TPSA) is 58.7 Å². The third-order valence-electron chi connectivity index (χ3n) is 3.90. The number of nitrogens with zero attached hydrogens (tertiary/aromatic N) is 3. The van der Waals surface area contributed by atoms with E-state index in [0.717, 1.165) is 26.2 Å². The highest BCUT2D eigenvalue weighted by Gasteiger charge is 2.14. The van der Waals surface area contributed by atoms with Gasteiger partial charge in [-0.2, -0.15) is 5.26 Å². The molecule has 3 aromatic rings. The summed E-state index contributed by atoms with van der Waals surface area (Å²) in [6.45, 7) is 6.31. The van der Waals surface area contributed by atoms with Crippen molar-refractivity contribution in [2.45, 2.75) is 27.3 Å². The number of aromatic nitrogens is 2. The molecule has 0 N–H and O–H groups in total. The molecule has 0 atom stereocenters. The van der Waals surface area contributed by atoms with Crippen LogP contribution in [0.15, 0.2) is 29.1 Å². The van der Waals surface area contributed by atoms with Crippen molar-refractivity contribution in [3.05, 3.63) is 62.0 Å². The van der Waals surface area contributed by atoms with E-state index in [-0.39, 0.29) is 5.56 Å². The van der Waals surface area contributed by atoms with Gasteiger partial charge in [0.1, 0.15) is 10.7 Å². The molecule has 0 bridgehead atoms. The summed E-state index contributed by atoms with van der Waals surface area (Å²) in [7, 11) is 0. The summed E-state index contributed by atoms with van der Waals surface area (Å²) in [5, 5.41) is 9.57. The van der Waals surface area contributed by atoms with E-state index in [1.54, 1.807) is 28.0 Å². The molecule has 0 aliphatic carbocycles. The summed E-state index contributed by atoms with van der Waals surface area (Å²) in [4.78, 5) is 19.3. The maximum Gasteiger partial charge on any atom is 0.262 e. The highest BCUT2D eigenvalue weighted by Crippen LogP contribution is 2.26. The van der Waals surface area contributed by atoms with Crippen LogP contribution in [0.3, 0.4) is 0 Å². The lowest BCUT2D eigenvalue weighted by Gasteiger charge is -2.10. The number of rotatable bonds is 2. The van der Waals surface area contributed by atoms with Crippen molar-refractivity contribution in [3.63, 3.8) is 0 Å². The summed E-state index contributed by atoms with van der Waals surface area (Å²) in [5.41, 5.74) is 2.63. The zero-order valence-corrected chi connectivity index (χ0v) is 13.5. The zero-order chi connectivity index (χ0) is 15.9. The quantitative estimate of drug-likeness (QED) is 0.729. The molecule has 3 rings (SSSR count). The van der Waals surface area contributed by atoms with Gasteiger partial charge in [0.2, 0.25) is 0 Å². The maximum atomic E-state index is 12.8. The Balaban J connectivity index is 2.12. The first-order chi connectivity index (χ1) is 10.5. The molecule has 0 saturated heterocycles. The lowest BCUT2D eigenvalue weighted by molar-refractivity contribution is 0.713. The van der Waals surface area contributed by atoms with Crippen LogP contribution >= 0.6 is 11.3 Å². The SMILES string of the molecule is Cc1sc2nc(C)n(Cc3ccc(C#N)cc3)c(=O)c2c1C. The van der Waals surface area contributed by atoms with Gasteiger partial charge in [-0.3, -0.25) is 9.36 Å². The first kappa shape index (κ1) is 14.5. The monoisotopic (exact) mass is 309 g/mol. The first-order valence-corrected chi connectivity index (χ1v) is 7.79. The molecular formula is C17H15N3OS. The molecule has 0 aliphatic heterocycles. The van der Waals surface area contributed by atoms with Crippen molar-refractivity contribution in [3.8, 4) is 6.07 Å². The predicted molar refractivity (Wildman–Crippen MR) is 88.4 cm³/mol. The molecule has 4 nitrogen and oxygen atoms in total. The highest BCUT2D eigenvalue weighted by molar-refractivity contribution is 7.18. The molecule has 2 heterocycles. The number of nitriles is 1. The van der Waals surface area contributed by atoms with Crippen LogP contribution in [0.25, 0.3) is 10.2 Å². The molecular weight excluding hydrogens is 294 g/mol. The second kappa shape index (κ2) is 5.39. The first-order valence-electron chi connectivity index (χ1n) is 6.97. The van der Waals surface area contributed by atoms with Crippen LogP contribution in [-0.2, 0) is 6.54 Å². The molecule has 22 heavy (non-hydrogen) atoms. The molecule has 0 fully saturated rings. The van der Waals surface area contributed by atoms with Crippen molar-refractivity contribution in [2.24, 2.45) is 0 Å². The van der Waals surface area contributed by atoms with Crippen molar-refractivity contribution >= 4 is 21.6 Å². The third kappa shape index (κ3) is 2.32. The lowest BCUT2D eigenvalue weighted by Crippen LogP contribution is -2.24. The van der Waals surface area contributed by atoms with Crippen LogP contribution in [0.5, 0.6) is 0 Å². The van der Waals surface area contributed by atoms with Crippen LogP contribution in [0.4, 0.5) is 0 Å². The van der Waals surface area contributed by atoms with Crippen LogP contribution in [-0.4, -0.2) is 9.55 Å². The summed E-state index contributed by atoms with van der Waals surface area (Å²) < 4.78 is 1.70. The zero-order valence-electron chi connectivity index (χ0n) is 12.7. The second-order valence-electron chi connectivity index (χ2n) is 5.32. The van der Waals surface area contributed by atoms with E-state index in [1.807, 2.05) is 32.9 Å². The largest absolute Gasteiger partial charge is 0.292 e. The number of hydrogen-bond donors (Lipinski definition) is 0. The Morgan fingerprint density at radius 2 is 1.91 bits per heavy atom. The predicted octanol–water partition coefficient (Wildman–Crippen LogP) is 3.30. The summed E-state index contributed by atoms with van der Waals surface area (Å²) in [6, 6.07) is 9.38. The van der Waals surface area contributed by atoms with Gasteiger partial charge in [-0.25, -0.2) is 4.98 Å². The number of aryl methyl sites for hydroxylation is 3. The average molecular weight is 309 g/mol. The van der Waals surface area contributed by atoms with Gasteiger partial charge in [-0.15, -0.1) is 11.3 Å². The van der Waals surface area contributed by atoms with E-state index >= 15 is 0 Å². The van der Waals surface area contributed by atoms with Crippen molar-refractivity contribution < 1.29 is 0 Å². The number of benzene rings is 1. The van der Waals surface area contributed by atoms with Crippen LogP contribution in [0.2, 0.25) is 0 Å². The fourth-order valence-electron chi connectivity index (χ4n) is 2.48. The normalized spacial score (nSPS) is 10.8. The lowest BCUT2D eigenvalue weighted by atomic mass is 10.1. The minimum atomic E-state index is 0.00806. The van der Waals surface area contributed by atoms with Crippen LogP contribution in [0, 0.1) is 32.1 Å². The molecule has 0 unspecified atom stereocenters. The van der Waals surface area contributed by atoms with Gasteiger partial charge in [0.05, 0.1) is 23.6 Å². The molecule has 110 valence electrons. The summed E-state index contributed by atoms with van der Waals surface area (Å²) in [5.74, 6) is 0.711. The second-order valence-corrected chi connectivity index (χ2v) is 6.53. The van der Waals surface area contributed by atoms with E-state index in [0.29, 0.717) is 17.9 Å². The van der Waals surface area contributed by atoms with E-state index in [9.17, 15) is 4.79 Å². The van der Waals surface area contributed by atoms with Gasteiger partial charge >= 0.3 is 0 Å². The van der Waals surface area contributed by atoms with E-state index in [1.165, 1.54) is 0 Å². The molecule has 0 spiro atoms. The van der Waals surface area contributed by atoms with Gasteiger partial charge in [0.15, 0.2) is 0 Å².